The average Bonchev–Trinajstić information content (AvgIpc) is 3.12. The number of hydrogen-bond acceptors (Lipinski definition) is 5. The standard InChI is InChI=1S/C18H28N2O4/c1-18(2,3)24-17(21)20-10-14(16(11-20)22-4)19-13-6-5-7-15-12(13)8-9-23-15/h8-9,13-14,16,19H,5-7,10-11H2,1-4H3/t13?,14?,16-/m0/s1. The molecular weight excluding hydrogens is 308 g/mol. The predicted octanol–water partition coefficient (Wildman–Crippen LogP) is 2.88. The van der Waals surface area contributed by atoms with Gasteiger partial charge < -0.3 is 24.1 Å². The molecule has 3 rings (SSSR count). The molecule has 0 radical (unpaired) electrons. The number of likely N-dealkylation sites (tertiary alicyclic amines) is 1. The van der Waals surface area contributed by atoms with Gasteiger partial charge in [-0.25, -0.2) is 4.79 Å². The highest BCUT2D eigenvalue weighted by Crippen LogP contribution is 2.32. The zero-order valence-corrected chi connectivity index (χ0v) is 15.0. The molecule has 1 aromatic rings. The molecule has 1 aromatic heterocycles. The van der Waals surface area contributed by atoms with E-state index in [1.165, 1.54) is 5.56 Å². The fraction of sp³-hybridized carbons (Fsp3) is 0.722. The van der Waals surface area contributed by atoms with E-state index >= 15 is 0 Å². The lowest BCUT2D eigenvalue weighted by atomic mass is 9.92. The molecule has 0 aromatic carbocycles. The van der Waals surface area contributed by atoms with Crippen molar-refractivity contribution in [2.24, 2.45) is 0 Å². The van der Waals surface area contributed by atoms with Crippen LogP contribution in [0.1, 0.15) is 51.0 Å². The van der Waals surface area contributed by atoms with Crippen LogP contribution in [0.5, 0.6) is 0 Å². The van der Waals surface area contributed by atoms with Crippen LogP contribution in [-0.4, -0.2) is 48.9 Å². The van der Waals surface area contributed by atoms with Gasteiger partial charge in [0.2, 0.25) is 0 Å². The van der Waals surface area contributed by atoms with Crippen molar-refractivity contribution in [2.75, 3.05) is 20.2 Å². The van der Waals surface area contributed by atoms with Crippen LogP contribution in [0.15, 0.2) is 16.7 Å². The average molecular weight is 336 g/mol. The van der Waals surface area contributed by atoms with E-state index in [4.69, 9.17) is 13.9 Å². The Balaban J connectivity index is 1.65. The summed E-state index contributed by atoms with van der Waals surface area (Å²) in [6.07, 6.45) is 4.64. The highest BCUT2D eigenvalue weighted by atomic mass is 16.6. The fourth-order valence-corrected chi connectivity index (χ4v) is 3.57. The van der Waals surface area contributed by atoms with Crippen LogP contribution in [0.2, 0.25) is 0 Å². The molecule has 1 aliphatic heterocycles. The number of ether oxygens (including phenoxy) is 2. The number of carbonyl (C=O) groups excluding carboxylic acids is 1. The Kier molecular flexibility index (Phi) is 4.88. The van der Waals surface area contributed by atoms with Gasteiger partial charge in [-0.1, -0.05) is 0 Å². The van der Waals surface area contributed by atoms with E-state index < -0.39 is 5.60 Å². The van der Waals surface area contributed by atoms with Gasteiger partial charge in [0, 0.05) is 31.7 Å². The minimum Gasteiger partial charge on any atom is -0.469 e. The molecule has 0 bridgehead atoms. The summed E-state index contributed by atoms with van der Waals surface area (Å²) in [4.78, 5) is 14.1. The van der Waals surface area contributed by atoms with Crippen molar-refractivity contribution in [2.45, 2.75) is 63.8 Å². The summed E-state index contributed by atoms with van der Waals surface area (Å²) in [6, 6.07) is 2.40. The Hall–Kier alpha value is -1.53. The molecule has 6 nitrogen and oxygen atoms in total. The van der Waals surface area contributed by atoms with Gasteiger partial charge in [0.05, 0.1) is 25.0 Å². The van der Waals surface area contributed by atoms with E-state index in [0.29, 0.717) is 13.1 Å². The summed E-state index contributed by atoms with van der Waals surface area (Å²) in [7, 11) is 1.70. The zero-order valence-electron chi connectivity index (χ0n) is 15.0. The number of aryl methyl sites for hydroxylation is 1. The Morgan fingerprint density at radius 2 is 2.17 bits per heavy atom. The van der Waals surface area contributed by atoms with E-state index in [2.05, 4.69) is 11.4 Å². The first kappa shape index (κ1) is 17.3. The maximum atomic E-state index is 12.3. The lowest BCUT2D eigenvalue weighted by molar-refractivity contribution is 0.0252. The van der Waals surface area contributed by atoms with Crippen LogP contribution in [0.4, 0.5) is 4.79 Å². The van der Waals surface area contributed by atoms with Crippen LogP contribution in [0.3, 0.4) is 0 Å². The second-order valence-corrected chi connectivity index (χ2v) is 7.68. The third-order valence-corrected chi connectivity index (χ3v) is 4.69. The lowest BCUT2D eigenvalue weighted by Crippen LogP contribution is -2.43. The number of amides is 1. The van der Waals surface area contributed by atoms with Crippen LogP contribution in [0.25, 0.3) is 0 Å². The van der Waals surface area contributed by atoms with Gasteiger partial charge in [-0.15, -0.1) is 0 Å². The minimum absolute atomic E-state index is 0.0326. The van der Waals surface area contributed by atoms with E-state index in [0.717, 1.165) is 25.0 Å². The molecule has 24 heavy (non-hydrogen) atoms. The second kappa shape index (κ2) is 6.76. The van der Waals surface area contributed by atoms with Gasteiger partial charge in [0.1, 0.15) is 11.4 Å². The van der Waals surface area contributed by atoms with Crippen molar-refractivity contribution in [1.29, 1.82) is 0 Å². The maximum absolute atomic E-state index is 12.3. The van der Waals surface area contributed by atoms with Crippen LogP contribution >= 0.6 is 0 Å². The number of methoxy groups -OCH3 is 1. The van der Waals surface area contributed by atoms with Crippen LogP contribution in [0, 0.1) is 0 Å². The molecule has 134 valence electrons. The smallest absolute Gasteiger partial charge is 0.410 e. The molecule has 1 amide bonds. The molecular formula is C18H28N2O4. The van der Waals surface area contributed by atoms with E-state index in [-0.39, 0.29) is 24.3 Å². The van der Waals surface area contributed by atoms with E-state index in [1.54, 1.807) is 18.3 Å². The Morgan fingerprint density at radius 3 is 2.88 bits per heavy atom. The van der Waals surface area contributed by atoms with Gasteiger partial charge in [0.25, 0.3) is 0 Å². The summed E-state index contributed by atoms with van der Waals surface area (Å²) in [6.45, 7) is 6.79. The number of carbonyl (C=O) groups is 1. The maximum Gasteiger partial charge on any atom is 0.410 e. The summed E-state index contributed by atoms with van der Waals surface area (Å²) < 4.78 is 16.7. The second-order valence-electron chi connectivity index (χ2n) is 7.68. The van der Waals surface area contributed by atoms with Gasteiger partial charge in [-0.2, -0.15) is 0 Å². The number of furan rings is 1. The van der Waals surface area contributed by atoms with Gasteiger partial charge in [0.15, 0.2) is 0 Å². The monoisotopic (exact) mass is 336 g/mol. The Bertz CT molecular complexity index is 578. The molecule has 1 fully saturated rings. The van der Waals surface area contributed by atoms with Crippen molar-refractivity contribution in [3.8, 4) is 0 Å². The van der Waals surface area contributed by atoms with Crippen molar-refractivity contribution in [3.63, 3.8) is 0 Å². The summed E-state index contributed by atoms with van der Waals surface area (Å²) in [5.74, 6) is 1.08. The first-order chi connectivity index (χ1) is 11.4. The topological polar surface area (TPSA) is 63.9 Å². The first-order valence-corrected chi connectivity index (χ1v) is 8.70. The molecule has 6 heteroatoms. The zero-order chi connectivity index (χ0) is 17.3. The quantitative estimate of drug-likeness (QED) is 0.919. The number of nitrogens with zero attached hydrogens (tertiary/aromatic N) is 1. The largest absolute Gasteiger partial charge is 0.469 e. The lowest BCUT2D eigenvalue weighted by Gasteiger charge is -2.28. The summed E-state index contributed by atoms with van der Waals surface area (Å²) >= 11 is 0. The summed E-state index contributed by atoms with van der Waals surface area (Å²) in [5.41, 5.74) is 0.757. The Morgan fingerprint density at radius 1 is 1.38 bits per heavy atom. The SMILES string of the molecule is CO[C@H]1CN(C(=O)OC(C)(C)C)CC1NC1CCCc2occc21. The molecule has 3 atom stereocenters. The van der Waals surface area contributed by atoms with Crippen molar-refractivity contribution < 1.29 is 18.7 Å². The molecule has 2 unspecified atom stereocenters. The normalized spacial score (nSPS) is 27.2. The third kappa shape index (κ3) is 3.75. The fourth-order valence-electron chi connectivity index (χ4n) is 3.57. The molecule has 1 N–H and O–H groups in total. The van der Waals surface area contributed by atoms with E-state index in [1.807, 2.05) is 20.8 Å². The molecule has 0 saturated carbocycles. The molecule has 1 saturated heterocycles. The first-order valence-electron chi connectivity index (χ1n) is 8.70. The van der Waals surface area contributed by atoms with Crippen molar-refractivity contribution in [1.82, 2.24) is 10.2 Å². The van der Waals surface area contributed by atoms with Gasteiger partial charge >= 0.3 is 6.09 Å². The van der Waals surface area contributed by atoms with E-state index in [9.17, 15) is 4.79 Å². The van der Waals surface area contributed by atoms with Crippen LogP contribution < -0.4 is 5.32 Å². The van der Waals surface area contributed by atoms with Gasteiger partial charge in [-0.05, 0) is 39.7 Å². The molecule has 1 aliphatic carbocycles. The number of fused-ring (bicyclic) bond motifs is 1. The summed E-state index contributed by atoms with van der Waals surface area (Å²) in [5, 5.41) is 3.67. The highest BCUT2D eigenvalue weighted by molar-refractivity contribution is 5.68. The minimum atomic E-state index is -0.486. The number of rotatable bonds is 3. The highest BCUT2D eigenvalue weighted by Gasteiger charge is 2.39. The van der Waals surface area contributed by atoms with Gasteiger partial charge in [-0.3, -0.25) is 0 Å². The molecule has 0 spiro atoms. The van der Waals surface area contributed by atoms with Crippen molar-refractivity contribution in [3.05, 3.63) is 23.7 Å². The molecule has 2 aliphatic rings. The third-order valence-electron chi connectivity index (χ3n) is 4.69. The molecule has 2 heterocycles. The Labute approximate surface area is 143 Å². The van der Waals surface area contributed by atoms with Crippen molar-refractivity contribution >= 4 is 6.09 Å². The number of nitrogens with one attached hydrogen (secondary N) is 1. The van der Waals surface area contributed by atoms with Crippen LogP contribution in [-0.2, 0) is 15.9 Å². The number of hydrogen-bond donors (Lipinski definition) is 1. The predicted molar refractivity (Wildman–Crippen MR) is 89.9 cm³/mol.